The summed E-state index contributed by atoms with van der Waals surface area (Å²) >= 11 is 0. The van der Waals surface area contributed by atoms with Crippen LogP contribution in [0.4, 0.5) is 0 Å². The molecule has 0 saturated carbocycles. The van der Waals surface area contributed by atoms with Crippen molar-refractivity contribution in [3.8, 4) is 11.5 Å². The van der Waals surface area contributed by atoms with Crippen LogP contribution in [0, 0.1) is 0 Å². The first-order chi connectivity index (χ1) is 8.63. The molecular weight excluding hydrogens is 234 g/mol. The summed E-state index contributed by atoms with van der Waals surface area (Å²) < 4.78 is 10.4. The van der Waals surface area contributed by atoms with E-state index in [4.69, 9.17) is 9.47 Å². The lowest BCUT2D eigenvalue weighted by Gasteiger charge is -2.17. The van der Waals surface area contributed by atoms with E-state index in [1.807, 2.05) is 6.07 Å². The molecule has 0 spiro atoms. The van der Waals surface area contributed by atoms with Crippen LogP contribution < -0.4 is 9.47 Å². The molecule has 1 aliphatic heterocycles. The molecule has 1 heterocycles. The molecule has 5 heteroatoms. The minimum Gasteiger partial charge on any atom is -0.497 e. The molecular formula is C13H15NO4. The number of carbonyl (C=O) groups excluding carboxylic acids is 2. The topological polar surface area (TPSA) is 55.8 Å². The lowest BCUT2D eigenvalue weighted by molar-refractivity contribution is -0.128. The monoisotopic (exact) mass is 249 g/mol. The molecule has 1 aromatic rings. The quantitative estimate of drug-likeness (QED) is 0.747. The molecule has 1 aromatic carbocycles. The van der Waals surface area contributed by atoms with Crippen molar-refractivity contribution in [1.29, 1.82) is 0 Å². The van der Waals surface area contributed by atoms with Crippen LogP contribution in [0.15, 0.2) is 18.2 Å². The summed E-state index contributed by atoms with van der Waals surface area (Å²) in [6.07, 6.45) is 0.0124. The Morgan fingerprint density at radius 2 is 2.00 bits per heavy atom. The van der Waals surface area contributed by atoms with E-state index in [0.717, 1.165) is 5.56 Å². The summed E-state index contributed by atoms with van der Waals surface area (Å²) in [5, 5.41) is 0. The fraction of sp³-hybridized carbons (Fsp3) is 0.385. The number of ether oxygens (including phenoxy) is 2. The first-order valence-corrected chi connectivity index (χ1v) is 5.64. The lowest BCUT2D eigenvalue weighted by Crippen LogP contribution is -2.24. The highest BCUT2D eigenvalue weighted by Gasteiger charge is 2.27. The molecule has 1 aliphatic rings. The molecule has 1 amide bonds. The number of amides is 1. The van der Waals surface area contributed by atoms with E-state index >= 15 is 0 Å². The molecule has 18 heavy (non-hydrogen) atoms. The van der Waals surface area contributed by atoms with Crippen molar-refractivity contribution in [3.63, 3.8) is 0 Å². The maximum atomic E-state index is 11.6. The lowest BCUT2D eigenvalue weighted by atomic mass is 10.2. The van der Waals surface area contributed by atoms with Crippen LogP contribution in [0.3, 0.4) is 0 Å². The first-order valence-electron chi connectivity index (χ1n) is 5.64. The fourth-order valence-corrected chi connectivity index (χ4v) is 1.97. The van der Waals surface area contributed by atoms with Crippen LogP contribution in [0.1, 0.15) is 12.0 Å². The SMILES string of the molecule is COc1ccc(CN2CC(=O)CC2=O)c(OC)c1. The van der Waals surface area contributed by atoms with Gasteiger partial charge in [-0.2, -0.15) is 0 Å². The summed E-state index contributed by atoms with van der Waals surface area (Å²) in [7, 11) is 3.15. The number of nitrogens with zero attached hydrogens (tertiary/aromatic N) is 1. The molecule has 0 unspecified atom stereocenters. The van der Waals surface area contributed by atoms with Crippen molar-refractivity contribution >= 4 is 11.7 Å². The number of benzene rings is 1. The smallest absolute Gasteiger partial charge is 0.230 e. The van der Waals surface area contributed by atoms with E-state index in [2.05, 4.69) is 0 Å². The molecule has 5 nitrogen and oxygen atoms in total. The van der Waals surface area contributed by atoms with Gasteiger partial charge in [-0.15, -0.1) is 0 Å². The Morgan fingerprint density at radius 1 is 1.22 bits per heavy atom. The highest BCUT2D eigenvalue weighted by molar-refractivity contribution is 6.05. The number of hydrogen-bond donors (Lipinski definition) is 0. The van der Waals surface area contributed by atoms with Gasteiger partial charge in [0.05, 0.1) is 27.2 Å². The normalized spacial score (nSPS) is 15.1. The van der Waals surface area contributed by atoms with E-state index in [1.54, 1.807) is 26.4 Å². The van der Waals surface area contributed by atoms with Crippen molar-refractivity contribution in [1.82, 2.24) is 4.90 Å². The van der Waals surface area contributed by atoms with Gasteiger partial charge in [-0.05, 0) is 12.1 Å². The van der Waals surface area contributed by atoms with Gasteiger partial charge >= 0.3 is 0 Å². The fourth-order valence-electron chi connectivity index (χ4n) is 1.97. The molecule has 1 fully saturated rings. The van der Waals surface area contributed by atoms with Crippen LogP contribution >= 0.6 is 0 Å². The van der Waals surface area contributed by atoms with E-state index < -0.39 is 0 Å². The van der Waals surface area contributed by atoms with E-state index in [-0.39, 0.29) is 24.7 Å². The van der Waals surface area contributed by atoms with Gasteiger partial charge in [-0.3, -0.25) is 9.59 Å². The maximum absolute atomic E-state index is 11.6. The van der Waals surface area contributed by atoms with Crippen molar-refractivity contribution in [3.05, 3.63) is 23.8 Å². The van der Waals surface area contributed by atoms with Gasteiger partial charge in [0.25, 0.3) is 0 Å². The third-order valence-electron chi connectivity index (χ3n) is 2.92. The Balaban J connectivity index is 2.18. The number of Topliss-reactive ketones (excluding diaryl/α,β-unsaturated/α-hetero) is 1. The van der Waals surface area contributed by atoms with Crippen LogP contribution in [-0.4, -0.2) is 37.4 Å². The molecule has 0 aromatic heterocycles. The van der Waals surface area contributed by atoms with Gasteiger partial charge < -0.3 is 14.4 Å². The number of hydrogen-bond acceptors (Lipinski definition) is 4. The molecule has 0 bridgehead atoms. The Morgan fingerprint density at radius 3 is 2.56 bits per heavy atom. The minimum absolute atomic E-state index is 0.0124. The van der Waals surface area contributed by atoms with Gasteiger partial charge in [0.15, 0.2) is 5.78 Å². The Hall–Kier alpha value is -2.04. The molecule has 0 N–H and O–H groups in total. The number of rotatable bonds is 4. The first kappa shape index (κ1) is 12.4. The van der Waals surface area contributed by atoms with E-state index in [9.17, 15) is 9.59 Å². The zero-order chi connectivity index (χ0) is 13.1. The summed E-state index contributed by atoms with van der Waals surface area (Å²) in [5.74, 6) is 1.19. The van der Waals surface area contributed by atoms with Crippen LogP contribution in [0.2, 0.25) is 0 Å². The molecule has 1 saturated heterocycles. The molecule has 0 radical (unpaired) electrons. The Labute approximate surface area is 105 Å². The van der Waals surface area contributed by atoms with Gasteiger partial charge in [-0.25, -0.2) is 0 Å². The number of ketones is 1. The maximum Gasteiger partial charge on any atom is 0.230 e. The van der Waals surface area contributed by atoms with Crippen LogP contribution in [0.25, 0.3) is 0 Å². The van der Waals surface area contributed by atoms with Crippen LogP contribution in [0.5, 0.6) is 11.5 Å². The number of likely N-dealkylation sites (tertiary alicyclic amines) is 1. The van der Waals surface area contributed by atoms with Gasteiger partial charge in [0.2, 0.25) is 5.91 Å². The standard InChI is InChI=1S/C13H15NO4/c1-17-11-4-3-9(12(6-11)18-2)7-14-8-10(15)5-13(14)16/h3-4,6H,5,7-8H2,1-2H3. The number of carbonyl (C=O) groups is 2. The van der Waals surface area contributed by atoms with Gasteiger partial charge in [-0.1, -0.05) is 0 Å². The molecule has 0 aliphatic carbocycles. The summed E-state index contributed by atoms with van der Waals surface area (Å²) in [6, 6.07) is 5.41. The van der Waals surface area contributed by atoms with Crippen molar-refractivity contribution in [2.24, 2.45) is 0 Å². The average Bonchev–Trinajstić information content (AvgIpc) is 2.68. The summed E-state index contributed by atoms with van der Waals surface area (Å²) in [6.45, 7) is 0.575. The summed E-state index contributed by atoms with van der Waals surface area (Å²) in [4.78, 5) is 24.3. The zero-order valence-electron chi connectivity index (χ0n) is 10.4. The predicted molar refractivity (Wildman–Crippen MR) is 64.6 cm³/mol. The third kappa shape index (κ3) is 2.45. The highest BCUT2D eigenvalue weighted by atomic mass is 16.5. The van der Waals surface area contributed by atoms with Gasteiger partial charge in [0.1, 0.15) is 11.5 Å². The Kier molecular flexibility index (Phi) is 3.50. The molecule has 0 atom stereocenters. The summed E-state index contributed by atoms with van der Waals surface area (Å²) in [5.41, 5.74) is 0.862. The third-order valence-corrected chi connectivity index (χ3v) is 2.92. The van der Waals surface area contributed by atoms with Crippen molar-refractivity contribution < 1.29 is 19.1 Å². The Bertz CT molecular complexity index is 484. The van der Waals surface area contributed by atoms with Crippen molar-refractivity contribution in [2.45, 2.75) is 13.0 Å². The van der Waals surface area contributed by atoms with Gasteiger partial charge in [0, 0.05) is 18.2 Å². The highest BCUT2D eigenvalue weighted by Crippen LogP contribution is 2.26. The second kappa shape index (κ2) is 5.08. The minimum atomic E-state index is -0.127. The second-order valence-corrected chi connectivity index (χ2v) is 4.14. The average molecular weight is 249 g/mol. The second-order valence-electron chi connectivity index (χ2n) is 4.14. The van der Waals surface area contributed by atoms with E-state index in [0.29, 0.717) is 18.0 Å². The van der Waals surface area contributed by atoms with Crippen molar-refractivity contribution in [2.75, 3.05) is 20.8 Å². The zero-order valence-corrected chi connectivity index (χ0v) is 10.4. The molecule has 2 rings (SSSR count). The predicted octanol–water partition coefficient (Wildman–Crippen LogP) is 1.01. The largest absolute Gasteiger partial charge is 0.497 e. The van der Waals surface area contributed by atoms with E-state index in [1.165, 1.54) is 4.90 Å². The number of methoxy groups -OCH3 is 2. The van der Waals surface area contributed by atoms with Crippen LogP contribution in [-0.2, 0) is 16.1 Å². The molecule has 96 valence electrons.